The van der Waals surface area contributed by atoms with Gasteiger partial charge in [0.05, 0.1) is 5.56 Å². The van der Waals surface area contributed by atoms with Crippen molar-refractivity contribution in [3.8, 4) is 0 Å². The highest BCUT2D eigenvalue weighted by molar-refractivity contribution is 6.34. The minimum absolute atomic E-state index is 0.199. The van der Waals surface area contributed by atoms with E-state index in [1.54, 1.807) is 6.07 Å². The van der Waals surface area contributed by atoms with Crippen LogP contribution >= 0.6 is 0 Å². The summed E-state index contributed by atoms with van der Waals surface area (Å²) in [7, 11) is 1.20. The first kappa shape index (κ1) is 12.0. The van der Waals surface area contributed by atoms with Gasteiger partial charge >= 0.3 is 5.97 Å². The number of hydrogen-bond acceptors (Lipinski definition) is 2. The molecule has 0 unspecified atom stereocenters. The van der Waals surface area contributed by atoms with Crippen LogP contribution in [0.2, 0.25) is 12.1 Å². The Morgan fingerprint density at radius 2 is 1.93 bits per heavy atom. The molecule has 0 saturated carbocycles. The minimum atomic E-state index is -0.199. The molecule has 2 radical (unpaired) electrons. The molecule has 1 aliphatic rings. The number of esters is 1. The van der Waals surface area contributed by atoms with Crippen LogP contribution in [0.25, 0.3) is 0 Å². The van der Waals surface area contributed by atoms with E-state index in [9.17, 15) is 4.79 Å². The molecule has 1 heterocycles. The molecule has 0 aromatic heterocycles. The first-order chi connectivity index (χ1) is 7.29. The van der Waals surface area contributed by atoms with Gasteiger partial charge in [-0.3, -0.25) is 0 Å². The van der Waals surface area contributed by atoms with Crippen LogP contribution in [0.4, 0.5) is 0 Å². The lowest BCUT2D eigenvalue weighted by Crippen LogP contribution is -1.91. The molecule has 1 aromatic carbocycles. The number of cyclic esters (lactones) is 1. The van der Waals surface area contributed by atoms with Crippen LogP contribution in [0, 0.1) is 0 Å². The largest absolute Gasteiger partial charge is 0.457 e. The predicted octanol–water partition coefficient (Wildman–Crippen LogP) is 2.92. The van der Waals surface area contributed by atoms with E-state index in [1.807, 2.05) is 18.2 Å². The second kappa shape index (κ2) is 6.40. The Bertz CT molecular complexity index is 321. The van der Waals surface area contributed by atoms with Crippen molar-refractivity contribution in [2.24, 2.45) is 0 Å². The summed E-state index contributed by atoms with van der Waals surface area (Å²) in [6.07, 6.45) is 0. The zero-order chi connectivity index (χ0) is 11.1. The topological polar surface area (TPSA) is 26.3 Å². The Morgan fingerprint density at radius 1 is 1.27 bits per heavy atom. The molecule has 1 aromatic rings. The zero-order valence-corrected chi connectivity index (χ0v) is 10.2. The molecule has 0 aliphatic carbocycles. The summed E-state index contributed by atoms with van der Waals surface area (Å²) in [5, 5.41) is 0. The Kier molecular flexibility index (Phi) is 5.11. The molecule has 15 heavy (non-hydrogen) atoms. The molecule has 0 atom stereocenters. The van der Waals surface area contributed by atoms with Crippen molar-refractivity contribution in [1.82, 2.24) is 0 Å². The molecule has 0 saturated heterocycles. The second-order valence-electron chi connectivity index (χ2n) is 3.19. The average Bonchev–Trinajstić information content (AvgIpc) is 2.64. The highest BCUT2D eigenvalue weighted by Crippen LogP contribution is 2.17. The van der Waals surface area contributed by atoms with E-state index in [-0.39, 0.29) is 5.97 Å². The molecule has 2 nitrogen and oxygen atoms in total. The fourth-order valence-electron chi connectivity index (χ4n) is 1.32. The minimum Gasteiger partial charge on any atom is -0.457 e. The van der Waals surface area contributed by atoms with Crippen LogP contribution in [0.15, 0.2) is 24.3 Å². The van der Waals surface area contributed by atoms with E-state index in [0.29, 0.717) is 12.2 Å². The van der Waals surface area contributed by atoms with Crippen LogP contribution in [0.5, 0.6) is 0 Å². The number of rotatable bonds is 2. The van der Waals surface area contributed by atoms with Gasteiger partial charge in [0.25, 0.3) is 0 Å². The van der Waals surface area contributed by atoms with Crippen LogP contribution in [-0.4, -0.2) is 15.5 Å². The zero-order valence-electron chi connectivity index (χ0n) is 9.25. The fraction of sp³-hybridized carbons (Fsp3) is 0.417. The van der Waals surface area contributed by atoms with E-state index in [4.69, 9.17) is 4.74 Å². The summed E-state index contributed by atoms with van der Waals surface area (Å²) >= 11 is 0. The number of carbonyl (C=O) groups excluding carboxylic acids is 1. The smallest absolute Gasteiger partial charge is 0.338 e. The molecule has 2 rings (SSSR count). The van der Waals surface area contributed by atoms with Gasteiger partial charge in [0.15, 0.2) is 0 Å². The highest BCUT2D eigenvalue weighted by Gasteiger charge is 2.18. The van der Waals surface area contributed by atoms with E-state index in [0.717, 1.165) is 5.56 Å². The number of carbonyl (C=O) groups is 1. The van der Waals surface area contributed by atoms with E-state index < -0.39 is 0 Å². The molecule has 1 aliphatic heterocycles. The fourth-order valence-corrected chi connectivity index (χ4v) is 1.82. The van der Waals surface area contributed by atoms with Gasteiger partial charge in [-0.1, -0.05) is 44.1 Å². The first-order valence-electron chi connectivity index (χ1n) is 5.25. The van der Waals surface area contributed by atoms with Gasteiger partial charge in [0.2, 0.25) is 0 Å². The second-order valence-corrected chi connectivity index (χ2v) is 5.10. The maximum atomic E-state index is 10.8. The highest BCUT2D eigenvalue weighted by atomic mass is 28.2. The van der Waals surface area contributed by atoms with Crippen molar-refractivity contribution in [1.29, 1.82) is 0 Å². The molecule has 80 valence electrons. The summed E-state index contributed by atoms with van der Waals surface area (Å²) in [5.41, 5.74) is 1.70. The summed E-state index contributed by atoms with van der Waals surface area (Å²) in [5.74, 6) is -0.199. The molecule has 0 amide bonds. The number of fused-ring (bicyclic) bond motifs is 1. The number of ether oxygens (including phenoxy) is 1. The van der Waals surface area contributed by atoms with Gasteiger partial charge in [0.1, 0.15) is 6.61 Å². The van der Waals surface area contributed by atoms with Crippen molar-refractivity contribution in [2.45, 2.75) is 32.5 Å². The molecule has 3 heteroatoms. The monoisotopic (exact) mass is 220 g/mol. The third-order valence-corrected chi connectivity index (χ3v) is 3.10. The van der Waals surface area contributed by atoms with Crippen molar-refractivity contribution in [2.75, 3.05) is 0 Å². The maximum Gasteiger partial charge on any atom is 0.338 e. The SMILES string of the molecule is CC[Si]CC.O=C1OCc2ccccc21. The lowest BCUT2D eigenvalue weighted by Gasteiger charge is -1.87. The van der Waals surface area contributed by atoms with Crippen LogP contribution < -0.4 is 0 Å². The summed E-state index contributed by atoms with van der Waals surface area (Å²) in [4.78, 5) is 10.8. The third kappa shape index (κ3) is 3.51. The summed E-state index contributed by atoms with van der Waals surface area (Å²) in [6.45, 7) is 4.89. The van der Waals surface area contributed by atoms with E-state index in [1.165, 1.54) is 21.6 Å². The quantitative estimate of drug-likeness (QED) is 0.566. The van der Waals surface area contributed by atoms with Crippen LogP contribution in [0.3, 0.4) is 0 Å². The lowest BCUT2D eigenvalue weighted by molar-refractivity contribution is 0.0535. The van der Waals surface area contributed by atoms with Gasteiger partial charge in [-0.25, -0.2) is 4.79 Å². The molecular formula is C12H16O2Si. The Labute approximate surface area is 93.5 Å². The van der Waals surface area contributed by atoms with Crippen molar-refractivity contribution in [3.05, 3.63) is 35.4 Å². The van der Waals surface area contributed by atoms with Gasteiger partial charge in [0, 0.05) is 15.1 Å². The maximum absolute atomic E-state index is 10.8. The Hall–Kier alpha value is -1.09. The summed E-state index contributed by atoms with van der Waals surface area (Å²) in [6, 6.07) is 10.2. The molecule has 0 fully saturated rings. The van der Waals surface area contributed by atoms with Gasteiger partial charge in [-0.05, 0) is 6.07 Å². The van der Waals surface area contributed by atoms with Crippen molar-refractivity contribution in [3.63, 3.8) is 0 Å². The molecule has 0 bridgehead atoms. The van der Waals surface area contributed by atoms with Crippen molar-refractivity contribution >= 4 is 15.5 Å². The van der Waals surface area contributed by atoms with Gasteiger partial charge in [-0.15, -0.1) is 0 Å². The third-order valence-electron chi connectivity index (χ3n) is 2.10. The van der Waals surface area contributed by atoms with E-state index >= 15 is 0 Å². The Morgan fingerprint density at radius 3 is 2.47 bits per heavy atom. The van der Waals surface area contributed by atoms with Crippen molar-refractivity contribution < 1.29 is 9.53 Å². The van der Waals surface area contributed by atoms with Gasteiger partial charge in [-0.2, -0.15) is 0 Å². The van der Waals surface area contributed by atoms with E-state index in [2.05, 4.69) is 13.8 Å². The lowest BCUT2D eigenvalue weighted by atomic mass is 10.1. The normalized spacial score (nSPS) is 12.5. The first-order valence-corrected chi connectivity index (χ1v) is 6.66. The van der Waals surface area contributed by atoms with Crippen LogP contribution in [0.1, 0.15) is 29.8 Å². The standard InChI is InChI=1S/C8H6O2.C4H10Si/c9-8-7-4-2-1-3-6(7)5-10-8;1-3-5-4-2/h1-4H,5H2;3-4H2,1-2H3. The number of benzene rings is 1. The predicted molar refractivity (Wildman–Crippen MR) is 62.3 cm³/mol. The Balaban J connectivity index is 0.000000195. The number of hydrogen-bond donors (Lipinski definition) is 0. The molecule has 0 spiro atoms. The average molecular weight is 220 g/mol. The molecular weight excluding hydrogens is 204 g/mol. The molecule has 0 N–H and O–H groups in total. The summed E-state index contributed by atoms with van der Waals surface area (Å²) < 4.78 is 4.78. The van der Waals surface area contributed by atoms with Crippen LogP contribution in [-0.2, 0) is 11.3 Å². The van der Waals surface area contributed by atoms with Gasteiger partial charge < -0.3 is 4.74 Å².